The lowest BCUT2D eigenvalue weighted by Crippen LogP contribution is -2.54. The minimum Gasteiger partial charge on any atom is -0.469 e. The number of nitrogens with zero attached hydrogens (tertiary/aromatic N) is 3. The zero-order valence-corrected chi connectivity index (χ0v) is 25.6. The Kier molecular flexibility index (Phi) is 10.4. The Morgan fingerprint density at radius 1 is 0.956 bits per heavy atom. The van der Waals surface area contributed by atoms with Crippen LogP contribution in [0.5, 0.6) is 0 Å². The highest BCUT2D eigenvalue weighted by Gasteiger charge is 2.40. The molecule has 0 spiro atoms. The van der Waals surface area contributed by atoms with Gasteiger partial charge in [-0.15, -0.1) is 0 Å². The Labute approximate surface area is 258 Å². The molecule has 2 atom stereocenters. The van der Waals surface area contributed by atoms with Gasteiger partial charge in [0.15, 0.2) is 0 Å². The van der Waals surface area contributed by atoms with Crippen LogP contribution in [0.1, 0.15) is 72.5 Å². The molecule has 1 saturated carbocycles. The Morgan fingerprint density at radius 3 is 2.09 bits per heavy atom. The van der Waals surface area contributed by atoms with Crippen molar-refractivity contribution >= 4 is 12.0 Å². The quantitative estimate of drug-likeness (QED) is 0.240. The molecule has 0 N–H and O–H groups in total. The number of urea groups is 1. The number of alkyl halides is 6. The number of aryl methyl sites for hydroxylation is 1. The molecule has 1 saturated heterocycles. The van der Waals surface area contributed by atoms with E-state index in [1.807, 2.05) is 0 Å². The largest absolute Gasteiger partial charge is 0.469 e. The maximum absolute atomic E-state index is 14.0. The van der Waals surface area contributed by atoms with Gasteiger partial charge in [-0.05, 0) is 92.5 Å². The van der Waals surface area contributed by atoms with Crippen molar-refractivity contribution < 1.29 is 45.1 Å². The van der Waals surface area contributed by atoms with E-state index >= 15 is 0 Å². The van der Waals surface area contributed by atoms with Crippen LogP contribution in [0.4, 0.5) is 35.5 Å². The van der Waals surface area contributed by atoms with Crippen molar-refractivity contribution in [1.29, 1.82) is 0 Å². The second kappa shape index (κ2) is 13.6. The molecule has 2 fully saturated rings. The summed E-state index contributed by atoms with van der Waals surface area (Å²) in [5.74, 6) is -0.433. The number of ether oxygens (including phenoxy) is 1. The van der Waals surface area contributed by atoms with Crippen LogP contribution in [0.3, 0.4) is 0 Å². The Hall–Kier alpha value is -3.35. The monoisotopic (exact) mass is 645 g/mol. The Balaban J connectivity index is 1.57. The third-order valence-electron chi connectivity index (χ3n) is 9.17. The molecule has 2 amide bonds. The van der Waals surface area contributed by atoms with Crippen LogP contribution in [0.25, 0.3) is 0 Å². The third-order valence-corrected chi connectivity index (χ3v) is 9.17. The summed E-state index contributed by atoms with van der Waals surface area (Å²) in [6, 6.07) is 3.36. The van der Waals surface area contributed by atoms with Gasteiger partial charge in [-0.2, -0.15) is 26.3 Å². The molecule has 248 valence electrons. The van der Waals surface area contributed by atoms with Crippen molar-refractivity contribution in [1.82, 2.24) is 14.7 Å². The number of piperazine rings is 1. The Morgan fingerprint density at radius 2 is 1.56 bits per heavy atom. The van der Waals surface area contributed by atoms with Crippen molar-refractivity contribution in [3.63, 3.8) is 0 Å². The van der Waals surface area contributed by atoms with Gasteiger partial charge in [0.25, 0.3) is 0 Å². The van der Waals surface area contributed by atoms with Crippen molar-refractivity contribution in [3.8, 4) is 0 Å². The number of benzene rings is 2. The summed E-state index contributed by atoms with van der Waals surface area (Å²) in [6.07, 6.45) is -6.89. The number of hydrogen-bond acceptors (Lipinski definition) is 4. The number of carbonyl (C=O) groups is 2. The van der Waals surface area contributed by atoms with E-state index in [0.29, 0.717) is 42.3 Å². The predicted molar refractivity (Wildman–Crippen MR) is 153 cm³/mol. The summed E-state index contributed by atoms with van der Waals surface area (Å²) >= 11 is 0. The molecule has 0 aromatic heterocycles. The van der Waals surface area contributed by atoms with E-state index in [2.05, 4.69) is 4.90 Å². The molecule has 2 aliphatic rings. The van der Waals surface area contributed by atoms with Crippen LogP contribution < -0.4 is 0 Å². The normalized spacial score (nSPS) is 22.2. The van der Waals surface area contributed by atoms with Crippen LogP contribution in [0.15, 0.2) is 36.4 Å². The minimum absolute atomic E-state index is 0.0620. The van der Waals surface area contributed by atoms with Crippen LogP contribution >= 0.6 is 0 Å². The molecule has 2 aromatic carbocycles. The molecule has 45 heavy (non-hydrogen) atoms. The van der Waals surface area contributed by atoms with Gasteiger partial charge in [0.2, 0.25) is 0 Å². The van der Waals surface area contributed by atoms with E-state index in [9.17, 15) is 40.3 Å². The molecule has 13 heteroatoms. The highest BCUT2D eigenvalue weighted by atomic mass is 19.4. The summed E-state index contributed by atoms with van der Waals surface area (Å²) in [5, 5.41) is 0. The third kappa shape index (κ3) is 8.09. The lowest BCUT2D eigenvalue weighted by Gasteiger charge is -2.45. The molecule has 1 aliphatic heterocycles. The van der Waals surface area contributed by atoms with Gasteiger partial charge in [-0.3, -0.25) is 9.69 Å². The summed E-state index contributed by atoms with van der Waals surface area (Å²) in [4.78, 5) is 30.8. The average molecular weight is 646 g/mol. The highest BCUT2D eigenvalue weighted by Crippen LogP contribution is 2.39. The first-order chi connectivity index (χ1) is 21.0. The highest BCUT2D eigenvalue weighted by molar-refractivity contribution is 5.75. The van der Waals surface area contributed by atoms with Gasteiger partial charge >= 0.3 is 24.4 Å². The summed E-state index contributed by atoms with van der Waals surface area (Å²) < 4.78 is 100. The number of methoxy groups -OCH3 is 1. The van der Waals surface area contributed by atoms with Crippen molar-refractivity contribution in [2.24, 2.45) is 11.8 Å². The first-order valence-corrected chi connectivity index (χ1v) is 14.9. The SMILES string of the molecule is COC(=O)[C@H]1CC[C@H](CN2CCN(C(=O)N(C)C(C)c3cc(C(F)(F)F)cc(C(F)(F)F)c3)[C@@H](c3ccc(F)cc3C)C2)CC1. The number of amides is 2. The summed E-state index contributed by atoms with van der Waals surface area (Å²) in [7, 11) is 2.73. The van der Waals surface area contributed by atoms with Crippen LogP contribution in [-0.4, -0.2) is 67.0 Å². The lowest BCUT2D eigenvalue weighted by atomic mass is 9.81. The fourth-order valence-corrected chi connectivity index (χ4v) is 6.44. The predicted octanol–water partition coefficient (Wildman–Crippen LogP) is 7.62. The van der Waals surface area contributed by atoms with E-state index in [4.69, 9.17) is 4.74 Å². The minimum atomic E-state index is -5.02. The van der Waals surface area contributed by atoms with Gasteiger partial charge in [-0.1, -0.05) is 6.07 Å². The molecule has 6 nitrogen and oxygen atoms in total. The number of carbonyl (C=O) groups excluding carboxylic acids is 2. The van der Waals surface area contributed by atoms with Crippen molar-refractivity contribution in [2.75, 3.05) is 40.3 Å². The first-order valence-electron chi connectivity index (χ1n) is 14.9. The molecule has 4 rings (SSSR count). The zero-order chi connectivity index (χ0) is 33.3. The number of esters is 1. The molecule has 2 aromatic rings. The van der Waals surface area contributed by atoms with E-state index in [1.54, 1.807) is 17.9 Å². The number of rotatable bonds is 6. The van der Waals surface area contributed by atoms with Crippen molar-refractivity contribution in [3.05, 3.63) is 70.0 Å². The second-order valence-corrected chi connectivity index (χ2v) is 12.1. The van der Waals surface area contributed by atoms with Crippen LogP contribution in [0.2, 0.25) is 0 Å². The van der Waals surface area contributed by atoms with Gasteiger partial charge < -0.3 is 14.5 Å². The fourth-order valence-electron chi connectivity index (χ4n) is 6.44. The molecule has 1 aliphatic carbocycles. The second-order valence-electron chi connectivity index (χ2n) is 12.1. The van der Waals surface area contributed by atoms with E-state index in [1.165, 1.54) is 33.2 Å². The first kappa shape index (κ1) is 34.5. The molecule has 1 unspecified atom stereocenters. The van der Waals surface area contributed by atoms with Crippen LogP contribution in [0, 0.1) is 24.6 Å². The molecule has 0 bridgehead atoms. The summed E-state index contributed by atoms with van der Waals surface area (Å²) in [6.45, 7) is 4.96. The van der Waals surface area contributed by atoms with E-state index in [0.717, 1.165) is 37.1 Å². The smallest absolute Gasteiger partial charge is 0.416 e. The molecule has 1 heterocycles. The average Bonchev–Trinajstić information content (AvgIpc) is 2.99. The van der Waals surface area contributed by atoms with Gasteiger partial charge in [-0.25, -0.2) is 9.18 Å². The molecular formula is C32H38F7N3O3. The van der Waals surface area contributed by atoms with Crippen molar-refractivity contribution in [2.45, 2.75) is 64.0 Å². The molecular weight excluding hydrogens is 607 g/mol. The van der Waals surface area contributed by atoms with E-state index in [-0.39, 0.29) is 30.1 Å². The van der Waals surface area contributed by atoms with Crippen LogP contribution in [-0.2, 0) is 21.9 Å². The topological polar surface area (TPSA) is 53.1 Å². The summed E-state index contributed by atoms with van der Waals surface area (Å²) in [5.41, 5.74) is -1.89. The van der Waals surface area contributed by atoms with Gasteiger partial charge in [0, 0.05) is 33.2 Å². The standard InChI is InChI=1S/C32H38F7N3O3/c1-19-13-26(33)9-10-27(19)28-18-41(17-21-5-7-22(8-6-21)29(43)45-4)11-12-42(28)30(44)40(3)20(2)23-14-24(31(34,35)36)16-25(15-23)32(37,38)39/h9-10,13-16,20-22,28H,5-8,11-12,17-18H2,1-4H3/t20?,21-,22-,28-/m1/s1. The maximum Gasteiger partial charge on any atom is 0.416 e. The zero-order valence-electron chi connectivity index (χ0n) is 25.6. The lowest BCUT2D eigenvalue weighted by molar-refractivity contribution is -0.147. The Bertz CT molecular complexity index is 1340. The molecule has 0 radical (unpaired) electrons. The fraction of sp³-hybridized carbons (Fsp3) is 0.562. The maximum atomic E-state index is 14.0. The number of hydrogen-bond donors (Lipinski definition) is 0. The van der Waals surface area contributed by atoms with E-state index < -0.39 is 47.4 Å². The van der Waals surface area contributed by atoms with Gasteiger partial charge in [0.1, 0.15) is 5.82 Å². The van der Waals surface area contributed by atoms with Gasteiger partial charge in [0.05, 0.1) is 36.2 Å². The number of halogens is 7.